The fourth-order valence-corrected chi connectivity index (χ4v) is 10.5. The van der Waals surface area contributed by atoms with Crippen LogP contribution in [0.25, 0.3) is 0 Å². The number of allylic oxidation sites excluding steroid dienone is 15. The van der Waals surface area contributed by atoms with Gasteiger partial charge < -0.3 is 28.5 Å². The minimum absolute atomic E-state index is 0.0287. The van der Waals surface area contributed by atoms with Gasteiger partial charge in [0.2, 0.25) is 5.91 Å². The number of nitrogens with one attached hydrogen (secondary N) is 1. The van der Waals surface area contributed by atoms with Gasteiger partial charge in [-0.25, -0.2) is 0 Å². The Morgan fingerprint density at radius 3 is 1.11 bits per heavy atom. The summed E-state index contributed by atoms with van der Waals surface area (Å²) in [5.41, 5.74) is 0. The second kappa shape index (κ2) is 63.0. The SMILES string of the molecule is CCCCC/C=C\C/C=C\C/C=C\C/C=C\CCCCCCCCCCCC(=O)OC(/C=C/CCCCCCCCCCCC)C(COP(=O)([O-])OCC[N+](C)(C)C)NC(=O)CCCCCCCCCC/C=C\C/C=C\C/C=C\CCCCC. The molecule has 0 aromatic heterocycles. The molecule has 0 saturated carbocycles. The summed E-state index contributed by atoms with van der Waals surface area (Å²) >= 11 is 0. The molecule has 0 heterocycles. The maximum atomic E-state index is 13.6. The average molecular weight is 1190 g/mol. The maximum absolute atomic E-state index is 13.6. The topological polar surface area (TPSA) is 114 Å². The van der Waals surface area contributed by atoms with E-state index in [0.29, 0.717) is 17.4 Å². The lowest BCUT2D eigenvalue weighted by Crippen LogP contribution is -2.47. The third-order valence-electron chi connectivity index (χ3n) is 15.2. The van der Waals surface area contributed by atoms with Crippen LogP contribution in [0.5, 0.6) is 0 Å². The summed E-state index contributed by atoms with van der Waals surface area (Å²) in [4.78, 5) is 40.2. The largest absolute Gasteiger partial charge is 0.756 e. The average Bonchev–Trinajstić information content (AvgIpc) is 3.64. The molecule has 0 bridgehead atoms. The number of phosphoric ester groups is 1. The van der Waals surface area contributed by atoms with E-state index in [1.54, 1.807) is 0 Å². The Hall–Kier alpha value is -3.07. The maximum Gasteiger partial charge on any atom is 0.306 e. The number of unbranched alkanes of at least 4 members (excludes halogenated alkanes) is 33. The molecule has 0 aromatic rings. The molecular weight excluding hydrogens is 1060 g/mol. The smallest absolute Gasteiger partial charge is 0.306 e. The lowest BCUT2D eigenvalue weighted by Gasteiger charge is -2.30. The van der Waals surface area contributed by atoms with Crippen LogP contribution in [0.3, 0.4) is 0 Å². The lowest BCUT2D eigenvalue weighted by molar-refractivity contribution is -0.870. The zero-order valence-corrected chi connectivity index (χ0v) is 56.5. The molecule has 486 valence electrons. The predicted octanol–water partition coefficient (Wildman–Crippen LogP) is 21.7. The summed E-state index contributed by atoms with van der Waals surface area (Å²) in [6.07, 6.45) is 85.2. The highest BCUT2D eigenvalue weighted by atomic mass is 31.2. The highest BCUT2D eigenvalue weighted by Crippen LogP contribution is 2.38. The molecule has 0 fully saturated rings. The Bertz CT molecular complexity index is 1760. The van der Waals surface area contributed by atoms with Gasteiger partial charge in [0.1, 0.15) is 19.3 Å². The minimum Gasteiger partial charge on any atom is -0.756 e. The molecule has 0 aliphatic heterocycles. The molecule has 3 unspecified atom stereocenters. The number of amides is 1. The van der Waals surface area contributed by atoms with E-state index < -0.39 is 26.6 Å². The summed E-state index contributed by atoms with van der Waals surface area (Å²) in [7, 11) is 1.17. The van der Waals surface area contributed by atoms with E-state index in [9.17, 15) is 19.0 Å². The van der Waals surface area contributed by atoms with Crippen LogP contribution in [-0.2, 0) is 27.9 Å². The third kappa shape index (κ3) is 63.4. The van der Waals surface area contributed by atoms with E-state index in [2.05, 4.69) is 111 Å². The van der Waals surface area contributed by atoms with Crippen LogP contribution < -0.4 is 10.2 Å². The third-order valence-corrected chi connectivity index (χ3v) is 16.2. The number of nitrogens with zero attached hydrogens (tertiary/aromatic N) is 1. The molecular formula is C74H133N2O7P. The van der Waals surface area contributed by atoms with E-state index in [1.807, 2.05) is 33.3 Å². The summed E-state index contributed by atoms with van der Waals surface area (Å²) in [5, 5.41) is 3.04. The van der Waals surface area contributed by atoms with Crippen molar-refractivity contribution < 1.29 is 37.3 Å². The molecule has 9 nitrogen and oxygen atoms in total. The van der Waals surface area contributed by atoms with Crippen LogP contribution in [0.15, 0.2) is 97.2 Å². The number of phosphoric acid groups is 1. The fraction of sp³-hybridized carbons (Fsp3) is 0.757. The Kier molecular flexibility index (Phi) is 60.7. The first-order valence-corrected chi connectivity index (χ1v) is 36.5. The van der Waals surface area contributed by atoms with Gasteiger partial charge in [-0.2, -0.15) is 0 Å². The number of hydrogen-bond acceptors (Lipinski definition) is 7. The van der Waals surface area contributed by atoms with Gasteiger partial charge in [-0.05, 0) is 115 Å². The van der Waals surface area contributed by atoms with Crippen molar-refractivity contribution in [3.63, 3.8) is 0 Å². The van der Waals surface area contributed by atoms with Crippen LogP contribution >= 0.6 is 7.82 Å². The van der Waals surface area contributed by atoms with Crippen LogP contribution in [0.1, 0.15) is 310 Å². The Labute approximate surface area is 519 Å². The predicted molar refractivity (Wildman–Crippen MR) is 362 cm³/mol. The minimum atomic E-state index is -4.71. The van der Waals surface area contributed by atoms with E-state index in [-0.39, 0.29) is 24.9 Å². The van der Waals surface area contributed by atoms with E-state index in [0.717, 1.165) is 116 Å². The van der Waals surface area contributed by atoms with Crippen LogP contribution in [0.4, 0.5) is 0 Å². The summed E-state index contributed by atoms with van der Waals surface area (Å²) in [6, 6.07) is -0.901. The number of hydrogen-bond donors (Lipinski definition) is 1. The van der Waals surface area contributed by atoms with Gasteiger partial charge in [0.05, 0.1) is 33.8 Å². The number of likely N-dealkylation sites (N-methyl/N-ethyl adjacent to an activating group) is 1. The summed E-state index contributed by atoms with van der Waals surface area (Å²) in [6.45, 7) is 6.79. The zero-order chi connectivity index (χ0) is 61.4. The molecule has 0 spiro atoms. The summed E-state index contributed by atoms with van der Waals surface area (Å²) < 4.78 is 30.4. The molecule has 10 heteroatoms. The molecule has 0 aliphatic rings. The monoisotopic (exact) mass is 1190 g/mol. The summed E-state index contributed by atoms with van der Waals surface area (Å²) in [5.74, 6) is -0.554. The second-order valence-electron chi connectivity index (χ2n) is 24.7. The fourth-order valence-electron chi connectivity index (χ4n) is 9.81. The molecule has 1 N–H and O–H groups in total. The standard InChI is InChI=1S/C74H133N2O7P/c1-7-10-13-16-19-22-25-28-30-32-34-36-37-38-39-41-43-45-47-49-52-55-58-61-64-67-74(78)83-72(65-62-59-56-53-50-27-24-21-18-15-12-9-3)71(70-82-84(79,80)81-69-68-76(4,5)6)75-73(77)66-63-60-57-54-51-48-46-44-42-40-35-33-31-29-26-23-20-17-14-11-8-2/h19-20,22-23,28-31,34-36,38-40,62,65,71-72H,7-18,21,24-27,32-33,37,41-61,63-64,66-70H2,1-6H3,(H-,75,77,79,80)/b22-19-,23-20-,30-28-,31-29-,36-34-,39-38-,40-35-,65-62+. The number of ether oxygens (including phenoxy) is 1. The molecule has 84 heavy (non-hydrogen) atoms. The van der Waals surface area contributed by atoms with Crippen molar-refractivity contribution in [3.05, 3.63) is 97.2 Å². The van der Waals surface area contributed by atoms with Crippen molar-refractivity contribution in [1.82, 2.24) is 5.32 Å². The van der Waals surface area contributed by atoms with E-state index in [1.165, 1.54) is 161 Å². The van der Waals surface area contributed by atoms with Gasteiger partial charge in [0.15, 0.2) is 0 Å². The number of carbonyl (C=O) groups excluding carboxylic acids is 2. The van der Waals surface area contributed by atoms with Crippen molar-refractivity contribution in [2.45, 2.75) is 322 Å². The second-order valence-corrected chi connectivity index (χ2v) is 26.1. The van der Waals surface area contributed by atoms with Gasteiger partial charge in [-0.3, -0.25) is 14.2 Å². The van der Waals surface area contributed by atoms with Gasteiger partial charge >= 0.3 is 5.97 Å². The van der Waals surface area contributed by atoms with Crippen molar-refractivity contribution in [2.24, 2.45) is 0 Å². The molecule has 0 saturated heterocycles. The Morgan fingerprint density at radius 1 is 0.417 bits per heavy atom. The first-order valence-electron chi connectivity index (χ1n) is 35.0. The van der Waals surface area contributed by atoms with Gasteiger partial charge in [-0.1, -0.05) is 279 Å². The van der Waals surface area contributed by atoms with Crippen molar-refractivity contribution in [3.8, 4) is 0 Å². The molecule has 0 rings (SSSR count). The quantitative estimate of drug-likeness (QED) is 0.0212. The highest BCUT2D eigenvalue weighted by molar-refractivity contribution is 7.45. The Balaban J connectivity index is 5.13. The molecule has 1 amide bonds. The highest BCUT2D eigenvalue weighted by Gasteiger charge is 2.27. The van der Waals surface area contributed by atoms with Crippen LogP contribution in [0.2, 0.25) is 0 Å². The van der Waals surface area contributed by atoms with Crippen molar-refractivity contribution >= 4 is 19.7 Å². The number of esters is 1. The van der Waals surface area contributed by atoms with Crippen LogP contribution in [-0.4, -0.2) is 69.4 Å². The van der Waals surface area contributed by atoms with Crippen molar-refractivity contribution in [1.29, 1.82) is 0 Å². The lowest BCUT2D eigenvalue weighted by atomic mass is 10.0. The van der Waals surface area contributed by atoms with E-state index in [4.69, 9.17) is 13.8 Å². The molecule has 3 atom stereocenters. The first kappa shape index (κ1) is 80.9. The van der Waals surface area contributed by atoms with Gasteiger partial charge in [0.25, 0.3) is 7.82 Å². The molecule has 0 aromatic carbocycles. The molecule has 0 aliphatic carbocycles. The number of rotatable bonds is 63. The number of quaternary nitrogens is 1. The molecule has 0 radical (unpaired) electrons. The first-order chi connectivity index (χ1) is 40.9. The van der Waals surface area contributed by atoms with E-state index >= 15 is 0 Å². The van der Waals surface area contributed by atoms with Crippen LogP contribution in [0, 0.1) is 0 Å². The number of carbonyl (C=O) groups is 2. The van der Waals surface area contributed by atoms with Crippen molar-refractivity contribution in [2.75, 3.05) is 40.9 Å². The van der Waals surface area contributed by atoms with Gasteiger partial charge in [-0.15, -0.1) is 0 Å². The zero-order valence-electron chi connectivity index (χ0n) is 55.6. The normalized spacial score (nSPS) is 14.1. The Morgan fingerprint density at radius 2 is 0.726 bits per heavy atom. The van der Waals surface area contributed by atoms with Gasteiger partial charge in [0, 0.05) is 12.8 Å².